The van der Waals surface area contributed by atoms with Crippen LogP contribution in [0.5, 0.6) is 0 Å². The standard InChI is InChI=1S/C16H17F2N3O3/c1-23-15(22)4-2-3-14-20-21-16(24-14)19-11-5-9-7-12(17)13(18)8-10(9)6-11/h7-8,11H,2-6H2,1H3,(H,19,21). The van der Waals surface area contributed by atoms with E-state index in [0.29, 0.717) is 31.6 Å². The lowest BCUT2D eigenvalue weighted by Crippen LogP contribution is -2.19. The number of aryl methyl sites for hydroxylation is 1. The molecule has 0 bridgehead atoms. The summed E-state index contributed by atoms with van der Waals surface area (Å²) in [5.41, 5.74) is 1.56. The van der Waals surface area contributed by atoms with E-state index in [-0.39, 0.29) is 24.4 Å². The molecule has 8 heteroatoms. The first kappa shape index (κ1) is 16.4. The van der Waals surface area contributed by atoms with Gasteiger partial charge < -0.3 is 14.5 Å². The van der Waals surface area contributed by atoms with Gasteiger partial charge in [-0.15, -0.1) is 5.10 Å². The molecule has 128 valence electrons. The third-order valence-corrected chi connectivity index (χ3v) is 3.97. The fraction of sp³-hybridized carbons (Fsp3) is 0.438. The molecule has 3 rings (SSSR count). The van der Waals surface area contributed by atoms with E-state index in [4.69, 9.17) is 4.42 Å². The van der Waals surface area contributed by atoms with Crippen LogP contribution in [0.3, 0.4) is 0 Å². The van der Waals surface area contributed by atoms with Gasteiger partial charge in [0.15, 0.2) is 11.6 Å². The number of hydrogen-bond donors (Lipinski definition) is 1. The molecule has 0 saturated carbocycles. The Kier molecular flexibility index (Phi) is 4.73. The lowest BCUT2D eigenvalue weighted by atomic mass is 10.1. The highest BCUT2D eigenvalue weighted by molar-refractivity contribution is 5.69. The molecule has 1 aromatic heterocycles. The van der Waals surface area contributed by atoms with Crippen LogP contribution in [0.25, 0.3) is 0 Å². The maximum Gasteiger partial charge on any atom is 0.315 e. The predicted molar refractivity (Wildman–Crippen MR) is 80.4 cm³/mol. The molecule has 2 aromatic rings. The molecule has 1 heterocycles. The van der Waals surface area contributed by atoms with Gasteiger partial charge >= 0.3 is 12.0 Å². The van der Waals surface area contributed by atoms with Gasteiger partial charge in [-0.05, 0) is 42.5 Å². The van der Waals surface area contributed by atoms with Crippen molar-refractivity contribution in [3.05, 3.63) is 40.8 Å². The van der Waals surface area contributed by atoms with E-state index in [1.54, 1.807) is 0 Å². The van der Waals surface area contributed by atoms with Crippen molar-refractivity contribution in [1.82, 2.24) is 10.2 Å². The summed E-state index contributed by atoms with van der Waals surface area (Å²) in [6.07, 6.45) is 2.45. The molecular weight excluding hydrogens is 320 g/mol. The Morgan fingerprint density at radius 2 is 1.96 bits per heavy atom. The van der Waals surface area contributed by atoms with Gasteiger partial charge in [0.05, 0.1) is 7.11 Å². The number of ether oxygens (including phenoxy) is 1. The lowest BCUT2D eigenvalue weighted by molar-refractivity contribution is -0.140. The molecule has 1 aliphatic rings. The molecule has 0 radical (unpaired) electrons. The number of fused-ring (bicyclic) bond motifs is 1. The summed E-state index contributed by atoms with van der Waals surface area (Å²) in [5, 5.41) is 10.9. The summed E-state index contributed by atoms with van der Waals surface area (Å²) in [5.74, 6) is -1.52. The van der Waals surface area contributed by atoms with E-state index in [9.17, 15) is 13.6 Å². The molecule has 0 saturated heterocycles. The molecule has 0 aliphatic heterocycles. The molecule has 24 heavy (non-hydrogen) atoms. The fourth-order valence-corrected chi connectivity index (χ4v) is 2.79. The molecule has 0 spiro atoms. The van der Waals surface area contributed by atoms with E-state index in [2.05, 4.69) is 20.3 Å². The van der Waals surface area contributed by atoms with E-state index in [0.717, 1.165) is 11.1 Å². The first-order valence-corrected chi connectivity index (χ1v) is 7.67. The monoisotopic (exact) mass is 337 g/mol. The molecule has 1 N–H and O–H groups in total. The van der Waals surface area contributed by atoms with Crippen molar-refractivity contribution in [2.45, 2.75) is 38.1 Å². The van der Waals surface area contributed by atoms with Crippen LogP contribution < -0.4 is 5.32 Å². The summed E-state index contributed by atoms with van der Waals surface area (Å²) in [6.45, 7) is 0. The Morgan fingerprint density at radius 3 is 2.58 bits per heavy atom. The van der Waals surface area contributed by atoms with Gasteiger partial charge in [-0.25, -0.2) is 8.78 Å². The molecule has 0 fully saturated rings. The minimum Gasteiger partial charge on any atom is -0.469 e. The second-order valence-corrected chi connectivity index (χ2v) is 5.72. The molecule has 1 aromatic carbocycles. The average molecular weight is 337 g/mol. The van der Waals surface area contributed by atoms with Gasteiger partial charge in [-0.1, -0.05) is 5.10 Å². The topological polar surface area (TPSA) is 77.2 Å². The van der Waals surface area contributed by atoms with Crippen LogP contribution in [0.15, 0.2) is 16.5 Å². The van der Waals surface area contributed by atoms with Gasteiger partial charge in [0.2, 0.25) is 5.89 Å². The number of methoxy groups -OCH3 is 1. The second-order valence-electron chi connectivity index (χ2n) is 5.72. The van der Waals surface area contributed by atoms with Crippen LogP contribution in [0, 0.1) is 11.6 Å². The Bertz CT molecular complexity index is 717. The van der Waals surface area contributed by atoms with Gasteiger partial charge in [0.25, 0.3) is 0 Å². The zero-order chi connectivity index (χ0) is 17.1. The van der Waals surface area contributed by atoms with Crippen molar-refractivity contribution in [2.24, 2.45) is 0 Å². The fourth-order valence-electron chi connectivity index (χ4n) is 2.79. The summed E-state index contributed by atoms with van der Waals surface area (Å²) in [4.78, 5) is 11.0. The van der Waals surface area contributed by atoms with Gasteiger partial charge in [0, 0.05) is 18.9 Å². The van der Waals surface area contributed by atoms with Gasteiger partial charge in [-0.2, -0.15) is 0 Å². The normalized spacial score (nSPS) is 13.8. The average Bonchev–Trinajstić information content (AvgIpc) is 3.14. The highest BCUT2D eigenvalue weighted by atomic mass is 19.2. The number of carbonyl (C=O) groups excluding carboxylic acids is 1. The molecule has 1 aliphatic carbocycles. The minimum absolute atomic E-state index is 0.0513. The van der Waals surface area contributed by atoms with E-state index in [1.165, 1.54) is 19.2 Å². The third-order valence-electron chi connectivity index (χ3n) is 3.97. The molecule has 0 unspecified atom stereocenters. The Labute approximate surface area is 137 Å². The quantitative estimate of drug-likeness (QED) is 0.816. The number of benzene rings is 1. The first-order chi connectivity index (χ1) is 11.5. The van der Waals surface area contributed by atoms with Gasteiger partial charge in [0.1, 0.15) is 0 Å². The lowest BCUT2D eigenvalue weighted by Gasteiger charge is -2.08. The van der Waals surface area contributed by atoms with Crippen molar-refractivity contribution in [2.75, 3.05) is 12.4 Å². The summed E-state index contributed by atoms with van der Waals surface area (Å²) < 4.78 is 36.6. The number of hydrogen-bond acceptors (Lipinski definition) is 6. The largest absolute Gasteiger partial charge is 0.469 e. The Morgan fingerprint density at radius 1 is 1.29 bits per heavy atom. The molecule has 6 nitrogen and oxygen atoms in total. The zero-order valence-corrected chi connectivity index (χ0v) is 13.1. The van der Waals surface area contributed by atoms with Crippen molar-refractivity contribution in [1.29, 1.82) is 0 Å². The minimum atomic E-state index is -0.833. The number of anilines is 1. The van der Waals surface area contributed by atoms with Crippen LogP contribution in [0.4, 0.5) is 14.8 Å². The first-order valence-electron chi connectivity index (χ1n) is 7.67. The number of carbonyl (C=O) groups is 1. The van der Waals surface area contributed by atoms with Crippen LogP contribution in [-0.4, -0.2) is 29.3 Å². The van der Waals surface area contributed by atoms with Crippen molar-refractivity contribution >= 4 is 12.0 Å². The van der Waals surface area contributed by atoms with Gasteiger partial charge in [-0.3, -0.25) is 4.79 Å². The number of nitrogens with zero attached hydrogens (tertiary/aromatic N) is 2. The smallest absolute Gasteiger partial charge is 0.315 e. The maximum atomic E-state index is 13.3. The van der Waals surface area contributed by atoms with Crippen LogP contribution in [0.1, 0.15) is 29.9 Å². The summed E-state index contributed by atoms with van der Waals surface area (Å²) in [6, 6.07) is 2.68. The van der Waals surface area contributed by atoms with E-state index < -0.39 is 11.6 Å². The van der Waals surface area contributed by atoms with Crippen LogP contribution in [0.2, 0.25) is 0 Å². The Balaban J connectivity index is 1.53. The second kappa shape index (κ2) is 6.94. The zero-order valence-electron chi connectivity index (χ0n) is 13.1. The van der Waals surface area contributed by atoms with E-state index >= 15 is 0 Å². The third kappa shape index (κ3) is 3.69. The summed E-state index contributed by atoms with van der Waals surface area (Å²) in [7, 11) is 1.34. The van der Waals surface area contributed by atoms with Crippen molar-refractivity contribution in [3.8, 4) is 0 Å². The number of nitrogens with one attached hydrogen (secondary N) is 1. The highest BCUT2D eigenvalue weighted by Crippen LogP contribution is 2.26. The van der Waals surface area contributed by atoms with E-state index in [1.807, 2.05) is 0 Å². The number of aromatic nitrogens is 2. The number of halogens is 2. The van der Waals surface area contributed by atoms with Crippen LogP contribution >= 0.6 is 0 Å². The molecular formula is C16H17F2N3O3. The molecule has 0 amide bonds. The van der Waals surface area contributed by atoms with Crippen molar-refractivity contribution < 1.29 is 22.7 Å². The van der Waals surface area contributed by atoms with Crippen molar-refractivity contribution in [3.63, 3.8) is 0 Å². The SMILES string of the molecule is COC(=O)CCCc1nnc(NC2Cc3cc(F)c(F)cc3C2)o1. The maximum absolute atomic E-state index is 13.3. The summed E-state index contributed by atoms with van der Waals surface area (Å²) >= 11 is 0. The number of esters is 1. The number of rotatable bonds is 6. The highest BCUT2D eigenvalue weighted by Gasteiger charge is 2.24. The predicted octanol–water partition coefficient (Wildman–Crippen LogP) is 2.42. The molecule has 0 atom stereocenters. The Hall–Kier alpha value is -2.51. The van der Waals surface area contributed by atoms with Crippen LogP contribution in [-0.2, 0) is 28.8 Å².